The van der Waals surface area contributed by atoms with Crippen molar-refractivity contribution in [3.05, 3.63) is 72.2 Å². The standard InChI is InChI=1S/C23H23N7O/c1-14(17-5-4-6-18-19(23(31)24-3)7-8-25-22(17)18)10-28-21-9-20(29-13-30-21)16-11-26-15(2)27-12-16/h4-9,11-14H,10H2,1-3H3,(H,24,31)(H,28,29,30)/i11D,12D. The van der Waals surface area contributed by atoms with Gasteiger partial charge in [-0.1, -0.05) is 25.1 Å². The number of aromatic nitrogens is 5. The highest BCUT2D eigenvalue weighted by molar-refractivity contribution is 6.06. The van der Waals surface area contributed by atoms with Crippen molar-refractivity contribution in [1.29, 1.82) is 0 Å². The quantitative estimate of drug-likeness (QED) is 0.497. The van der Waals surface area contributed by atoms with Crippen LogP contribution in [0, 0.1) is 6.92 Å². The van der Waals surface area contributed by atoms with Crippen molar-refractivity contribution in [1.82, 2.24) is 30.2 Å². The maximum Gasteiger partial charge on any atom is 0.251 e. The highest BCUT2D eigenvalue weighted by Crippen LogP contribution is 2.27. The number of hydrogen-bond donors (Lipinski definition) is 2. The summed E-state index contributed by atoms with van der Waals surface area (Å²) in [6.07, 6.45) is 2.95. The van der Waals surface area contributed by atoms with E-state index in [0.717, 1.165) is 16.5 Å². The van der Waals surface area contributed by atoms with Crippen molar-refractivity contribution >= 4 is 22.6 Å². The van der Waals surface area contributed by atoms with E-state index < -0.39 is 0 Å². The molecule has 1 atom stereocenters. The van der Waals surface area contributed by atoms with Crippen molar-refractivity contribution in [3.63, 3.8) is 0 Å². The van der Waals surface area contributed by atoms with E-state index in [9.17, 15) is 4.79 Å². The molecule has 4 rings (SSSR count). The molecule has 0 bridgehead atoms. The number of anilines is 1. The first-order valence-corrected chi connectivity index (χ1v) is 9.87. The lowest BCUT2D eigenvalue weighted by molar-refractivity contribution is 0.0964. The van der Waals surface area contributed by atoms with Crippen LogP contribution in [0.15, 0.2) is 55.2 Å². The highest BCUT2D eigenvalue weighted by atomic mass is 16.1. The van der Waals surface area contributed by atoms with Crippen molar-refractivity contribution in [2.45, 2.75) is 19.8 Å². The van der Waals surface area contributed by atoms with Crippen molar-refractivity contribution in [3.8, 4) is 11.3 Å². The van der Waals surface area contributed by atoms with Gasteiger partial charge in [-0.15, -0.1) is 0 Å². The van der Waals surface area contributed by atoms with E-state index >= 15 is 0 Å². The summed E-state index contributed by atoms with van der Waals surface area (Å²) < 4.78 is 16.2. The molecule has 1 unspecified atom stereocenters. The summed E-state index contributed by atoms with van der Waals surface area (Å²) in [5, 5.41) is 6.77. The number of nitrogens with zero attached hydrogens (tertiary/aromatic N) is 5. The third-order valence-electron chi connectivity index (χ3n) is 4.98. The van der Waals surface area contributed by atoms with Gasteiger partial charge < -0.3 is 10.6 Å². The molecule has 2 N–H and O–H groups in total. The lowest BCUT2D eigenvalue weighted by Gasteiger charge is -2.16. The van der Waals surface area contributed by atoms with Gasteiger partial charge in [0.15, 0.2) is 0 Å². The van der Waals surface area contributed by atoms with E-state index in [1.54, 1.807) is 32.3 Å². The van der Waals surface area contributed by atoms with Crippen LogP contribution >= 0.6 is 0 Å². The number of hydrogen-bond acceptors (Lipinski definition) is 7. The molecule has 0 spiro atoms. The van der Waals surface area contributed by atoms with Gasteiger partial charge in [0.1, 0.15) is 18.0 Å². The van der Waals surface area contributed by atoms with Gasteiger partial charge in [-0.05, 0) is 18.6 Å². The van der Waals surface area contributed by atoms with Crippen LogP contribution in [0.3, 0.4) is 0 Å². The molecule has 0 fully saturated rings. The van der Waals surface area contributed by atoms with Gasteiger partial charge >= 0.3 is 0 Å². The smallest absolute Gasteiger partial charge is 0.251 e. The Morgan fingerprint density at radius 3 is 2.71 bits per heavy atom. The number of fused-ring (bicyclic) bond motifs is 1. The van der Waals surface area contributed by atoms with Crippen LogP contribution in [0.5, 0.6) is 0 Å². The lowest BCUT2D eigenvalue weighted by Crippen LogP contribution is -2.18. The molecule has 0 aliphatic rings. The largest absolute Gasteiger partial charge is 0.369 e. The summed E-state index contributed by atoms with van der Waals surface area (Å²) >= 11 is 0. The first kappa shape index (κ1) is 17.9. The Kier molecular flexibility index (Phi) is 5.09. The predicted octanol–water partition coefficient (Wildman–Crippen LogP) is 3.37. The fourth-order valence-corrected chi connectivity index (χ4v) is 3.33. The van der Waals surface area contributed by atoms with Gasteiger partial charge in [0.25, 0.3) is 5.91 Å². The zero-order valence-electron chi connectivity index (χ0n) is 19.5. The molecule has 1 amide bonds. The molecule has 0 aliphatic heterocycles. The number of nitrogens with one attached hydrogen (secondary N) is 2. The van der Waals surface area contributed by atoms with E-state index in [-0.39, 0.29) is 29.7 Å². The number of carbonyl (C=O) groups is 1. The molecule has 4 aromatic rings. The van der Waals surface area contributed by atoms with Gasteiger partial charge in [-0.3, -0.25) is 9.78 Å². The van der Waals surface area contributed by atoms with Crippen LogP contribution in [0.2, 0.25) is 0 Å². The zero-order chi connectivity index (χ0) is 23.5. The van der Waals surface area contributed by atoms with Gasteiger partial charge in [0.2, 0.25) is 0 Å². The number of rotatable bonds is 6. The van der Waals surface area contributed by atoms with Crippen molar-refractivity contribution in [2.24, 2.45) is 0 Å². The van der Waals surface area contributed by atoms with Gasteiger partial charge in [0.05, 0.1) is 19.5 Å². The molecular formula is C23H23N7O. The molecule has 156 valence electrons. The molecule has 1 aromatic carbocycles. The summed E-state index contributed by atoms with van der Waals surface area (Å²) in [5.74, 6) is 0.839. The first-order valence-electron chi connectivity index (χ1n) is 10.9. The molecule has 31 heavy (non-hydrogen) atoms. The molecule has 3 heterocycles. The van der Waals surface area contributed by atoms with E-state index in [1.165, 1.54) is 6.33 Å². The minimum absolute atomic E-state index is 0.0423. The van der Waals surface area contributed by atoms with E-state index in [0.29, 0.717) is 29.4 Å². The molecule has 8 nitrogen and oxygen atoms in total. The van der Waals surface area contributed by atoms with Crippen LogP contribution in [0.1, 0.15) is 37.3 Å². The molecule has 0 saturated heterocycles. The summed E-state index contributed by atoms with van der Waals surface area (Å²) in [6.45, 7) is 4.26. The molecule has 0 aliphatic carbocycles. The third kappa shape index (κ3) is 4.32. The Morgan fingerprint density at radius 1 is 1.13 bits per heavy atom. The summed E-state index contributed by atoms with van der Waals surface area (Å²) in [6, 6.07) is 9.22. The Morgan fingerprint density at radius 2 is 1.94 bits per heavy atom. The number of pyridine rings is 1. The molecule has 3 aromatic heterocycles. The Labute approximate surface area is 183 Å². The number of aryl methyl sites for hydroxylation is 1. The third-order valence-corrected chi connectivity index (χ3v) is 4.98. The van der Waals surface area contributed by atoms with E-state index in [1.807, 2.05) is 18.2 Å². The van der Waals surface area contributed by atoms with Crippen LogP contribution in [-0.2, 0) is 0 Å². The fraction of sp³-hybridized carbons (Fsp3) is 0.217. The monoisotopic (exact) mass is 415 g/mol. The lowest BCUT2D eigenvalue weighted by atomic mass is 9.96. The SMILES string of the molecule is [2H]c1nc(C)nc([2H])c1-c1cc(NCC(C)c2cccc3c(C(=O)NC)ccnc23)ncn1. The maximum atomic E-state index is 12.2. The molecule has 8 heteroatoms. The van der Waals surface area contributed by atoms with Crippen LogP contribution in [-0.4, -0.2) is 44.4 Å². The van der Waals surface area contributed by atoms with Crippen molar-refractivity contribution in [2.75, 3.05) is 18.9 Å². The average molecular weight is 415 g/mol. The van der Waals surface area contributed by atoms with Gasteiger partial charge in [-0.25, -0.2) is 19.9 Å². The maximum absolute atomic E-state index is 12.2. The fourth-order valence-electron chi connectivity index (χ4n) is 3.33. The second kappa shape index (κ2) is 8.83. The second-order valence-electron chi connectivity index (χ2n) is 7.12. The Bertz CT molecular complexity index is 1320. The molecule has 0 saturated carbocycles. The minimum Gasteiger partial charge on any atom is -0.369 e. The van der Waals surface area contributed by atoms with Crippen LogP contribution in [0.25, 0.3) is 22.2 Å². The summed E-state index contributed by atoms with van der Waals surface area (Å²) in [4.78, 5) is 33.3. The Hall–Kier alpha value is -3.94. The van der Waals surface area contributed by atoms with E-state index in [2.05, 4.69) is 42.5 Å². The number of carbonyl (C=O) groups excluding carboxylic acids is 1. The van der Waals surface area contributed by atoms with Crippen LogP contribution in [0.4, 0.5) is 5.82 Å². The Balaban J connectivity index is 1.58. The average Bonchev–Trinajstić information content (AvgIpc) is 2.81. The highest BCUT2D eigenvalue weighted by Gasteiger charge is 2.15. The zero-order valence-corrected chi connectivity index (χ0v) is 17.5. The van der Waals surface area contributed by atoms with Crippen molar-refractivity contribution < 1.29 is 7.54 Å². The van der Waals surface area contributed by atoms with Gasteiger partial charge in [-0.2, -0.15) is 0 Å². The molecular weight excluding hydrogens is 390 g/mol. The summed E-state index contributed by atoms with van der Waals surface area (Å²) in [5.41, 5.74) is 3.05. The number of benzene rings is 1. The van der Waals surface area contributed by atoms with Crippen LogP contribution < -0.4 is 10.6 Å². The minimum atomic E-state index is -0.151. The topological polar surface area (TPSA) is 106 Å². The van der Waals surface area contributed by atoms with E-state index in [4.69, 9.17) is 2.74 Å². The predicted molar refractivity (Wildman–Crippen MR) is 120 cm³/mol. The first-order chi connectivity index (χ1) is 15.9. The van der Waals surface area contributed by atoms with Gasteiger partial charge in [0, 0.05) is 55.1 Å². The summed E-state index contributed by atoms with van der Waals surface area (Å²) in [7, 11) is 1.61. The normalized spacial score (nSPS) is 12.7. The number of para-hydroxylation sites is 1. The molecule has 0 radical (unpaired) electrons. The second-order valence-corrected chi connectivity index (χ2v) is 7.12. The number of amides is 1.